The molecule has 20 heavy (non-hydrogen) atoms. The van der Waals surface area contributed by atoms with Crippen molar-refractivity contribution in [2.75, 3.05) is 20.8 Å². The predicted octanol–water partition coefficient (Wildman–Crippen LogP) is 2.34. The molecule has 0 bridgehead atoms. The van der Waals surface area contributed by atoms with Crippen LogP contribution in [0.1, 0.15) is 18.0 Å². The number of hydrogen-bond donors (Lipinski definition) is 2. The lowest BCUT2D eigenvalue weighted by atomic mass is 9.99. The van der Waals surface area contributed by atoms with Gasteiger partial charge in [-0.1, -0.05) is 0 Å². The molecule has 2 unspecified atom stereocenters. The van der Waals surface area contributed by atoms with E-state index >= 15 is 0 Å². The van der Waals surface area contributed by atoms with E-state index in [4.69, 9.17) is 14.6 Å². The summed E-state index contributed by atoms with van der Waals surface area (Å²) in [6.45, 7) is 0.320. The lowest BCUT2D eigenvalue weighted by Gasteiger charge is -2.18. The van der Waals surface area contributed by atoms with Crippen LogP contribution in [0.15, 0.2) is 10.5 Å². The van der Waals surface area contributed by atoms with Gasteiger partial charge in [0.1, 0.15) is 5.82 Å². The zero-order valence-electron chi connectivity index (χ0n) is 11.1. The quantitative estimate of drug-likeness (QED) is 0.874. The summed E-state index contributed by atoms with van der Waals surface area (Å²) in [5, 5.41) is 12.0. The fraction of sp³-hybridized carbons (Fsp3) is 0.462. The van der Waals surface area contributed by atoms with Crippen LogP contribution in [0.2, 0.25) is 0 Å². The fourth-order valence-corrected chi connectivity index (χ4v) is 3.22. The van der Waals surface area contributed by atoms with E-state index in [1.165, 1.54) is 20.3 Å². The van der Waals surface area contributed by atoms with E-state index in [1.807, 2.05) is 0 Å². The molecule has 1 aromatic carbocycles. The summed E-state index contributed by atoms with van der Waals surface area (Å²) < 4.78 is 25.0. The molecule has 1 aliphatic rings. The Bertz CT molecular complexity index is 538. The molecule has 0 amide bonds. The second-order valence-electron chi connectivity index (χ2n) is 4.55. The third-order valence-electron chi connectivity index (χ3n) is 3.43. The SMILES string of the molecule is COc1cc(F)c(C2CC(C(=O)O)CN2)c(Br)c1OC. The third-order valence-corrected chi connectivity index (χ3v) is 4.21. The molecule has 5 nitrogen and oxygen atoms in total. The Labute approximate surface area is 124 Å². The van der Waals surface area contributed by atoms with Crippen molar-refractivity contribution in [1.29, 1.82) is 0 Å². The Morgan fingerprint density at radius 2 is 2.20 bits per heavy atom. The Hall–Kier alpha value is -1.34. The summed E-state index contributed by atoms with van der Waals surface area (Å²) in [5.41, 5.74) is 0.367. The number of nitrogens with one attached hydrogen (secondary N) is 1. The number of halogens is 2. The van der Waals surface area contributed by atoms with Crippen molar-refractivity contribution in [1.82, 2.24) is 5.32 Å². The third kappa shape index (κ3) is 2.60. The molecule has 1 aliphatic heterocycles. The lowest BCUT2D eigenvalue weighted by molar-refractivity contribution is -0.141. The molecule has 0 spiro atoms. The first-order valence-electron chi connectivity index (χ1n) is 6.05. The van der Waals surface area contributed by atoms with Crippen molar-refractivity contribution in [2.24, 2.45) is 5.92 Å². The normalized spacial score (nSPS) is 21.8. The number of carbonyl (C=O) groups is 1. The lowest BCUT2D eigenvalue weighted by Crippen LogP contribution is -2.18. The molecule has 110 valence electrons. The highest BCUT2D eigenvalue weighted by molar-refractivity contribution is 9.10. The molecule has 7 heteroatoms. The summed E-state index contributed by atoms with van der Waals surface area (Å²) in [6, 6.07) is 0.875. The zero-order chi connectivity index (χ0) is 14.9. The molecule has 1 heterocycles. The molecule has 2 N–H and O–H groups in total. The van der Waals surface area contributed by atoms with Crippen LogP contribution < -0.4 is 14.8 Å². The second kappa shape index (κ2) is 5.97. The topological polar surface area (TPSA) is 67.8 Å². The molecular formula is C13H15BrFNO4. The fourth-order valence-electron chi connectivity index (χ4n) is 2.40. The maximum Gasteiger partial charge on any atom is 0.307 e. The van der Waals surface area contributed by atoms with Gasteiger partial charge in [0.25, 0.3) is 0 Å². The minimum atomic E-state index is -0.878. The van der Waals surface area contributed by atoms with Gasteiger partial charge in [0.05, 0.1) is 24.6 Å². The van der Waals surface area contributed by atoms with E-state index in [-0.39, 0.29) is 11.8 Å². The molecule has 0 saturated carbocycles. The van der Waals surface area contributed by atoms with Crippen molar-refractivity contribution < 1.29 is 23.8 Å². The zero-order valence-corrected chi connectivity index (χ0v) is 12.7. The van der Waals surface area contributed by atoms with Crippen LogP contribution in [-0.4, -0.2) is 31.8 Å². The van der Waals surface area contributed by atoms with E-state index < -0.39 is 17.7 Å². The van der Waals surface area contributed by atoms with Crippen LogP contribution in [-0.2, 0) is 4.79 Å². The smallest absolute Gasteiger partial charge is 0.307 e. The van der Waals surface area contributed by atoms with Crippen molar-refractivity contribution in [3.8, 4) is 11.5 Å². The van der Waals surface area contributed by atoms with Crippen molar-refractivity contribution in [3.63, 3.8) is 0 Å². The summed E-state index contributed by atoms with van der Waals surface area (Å²) in [5.74, 6) is -1.17. The van der Waals surface area contributed by atoms with Crippen LogP contribution in [0.3, 0.4) is 0 Å². The van der Waals surface area contributed by atoms with Gasteiger partial charge in [-0.3, -0.25) is 4.79 Å². The van der Waals surface area contributed by atoms with Crippen LogP contribution >= 0.6 is 15.9 Å². The molecule has 0 radical (unpaired) electrons. The Balaban J connectivity index is 2.40. The predicted molar refractivity (Wildman–Crippen MR) is 73.7 cm³/mol. The molecule has 1 aromatic rings. The van der Waals surface area contributed by atoms with Crippen LogP contribution in [0.5, 0.6) is 11.5 Å². The Kier molecular flexibility index (Phi) is 4.49. The monoisotopic (exact) mass is 347 g/mol. The van der Waals surface area contributed by atoms with E-state index in [2.05, 4.69) is 21.2 Å². The van der Waals surface area contributed by atoms with E-state index in [0.717, 1.165) is 0 Å². The molecule has 2 rings (SSSR count). The molecule has 1 fully saturated rings. The van der Waals surface area contributed by atoms with E-state index in [0.29, 0.717) is 28.8 Å². The average molecular weight is 348 g/mol. The molecular weight excluding hydrogens is 333 g/mol. The van der Waals surface area contributed by atoms with Crippen molar-refractivity contribution >= 4 is 21.9 Å². The Morgan fingerprint density at radius 1 is 1.50 bits per heavy atom. The van der Waals surface area contributed by atoms with Crippen molar-refractivity contribution in [3.05, 3.63) is 21.9 Å². The molecule has 1 saturated heterocycles. The second-order valence-corrected chi connectivity index (χ2v) is 5.35. The first-order valence-corrected chi connectivity index (χ1v) is 6.85. The van der Waals surface area contributed by atoms with Gasteiger partial charge in [0.2, 0.25) is 0 Å². The van der Waals surface area contributed by atoms with Gasteiger partial charge >= 0.3 is 5.97 Å². The minimum Gasteiger partial charge on any atom is -0.493 e. The largest absolute Gasteiger partial charge is 0.493 e. The Morgan fingerprint density at radius 3 is 2.70 bits per heavy atom. The van der Waals surface area contributed by atoms with E-state index in [9.17, 15) is 9.18 Å². The number of methoxy groups -OCH3 is 2. The number of carboxylic acids is 1. The van der Waals surface area contributed by atoms with Crippen molar-refractivity contribution in [2.45, 2.75) is 12.5 Å². The number of rotatable bonds is 4. The van der Waals surface area contributed by atoms with Crippen LogP contribution in [0, 0.1) is 11.7 Å². The standard InChI is InChI=1S/C13H15BrFNO4/c1-19-9-4-7(15)10(11(14)12(9)20-2)8-3-6(5-16-8)13(17)18/h4,6,8,16H,3,5H2,1-2H3,(H,17,18). The number of carboxylic acid groups (broad SMARTS) is 1. The van der Waals surface area contributed by atoms with Gasteiger partial charge in [0, 0.05) is 24.2 Å². The molecule has 0 aliphatic carbocycles. The first-order chi connectivity index (χ1) is 9.49. The van der Waals surface area contributed by atoms with Crippen LogP contribution in [0.4, 0.5) is 4.39 Å². The maximum absolute atomic E-state index is 14.2. The number of benzene rings is 1. The number of hydrogen-bond acceptors (Lipinski definition) is 4. The number of ether oxygens (including phenoxy) is 2. The van der Waals surface area contributed by atoms with Gasteiger partial charge in [-0.05, 0) is 22.4 Å². The molecule has 0 aromatic heterocycles. The highest BCUT2D eigenvalue weighted by Gasteiger charge is 2.34. The maximum atomic E-state index is 14.2. The molecule has 2 atom stereocenters. The highest BCUT2D eigenvalue weighted by Crippen LogP contribution is 2.43. The average Bonchev–Trinajstić information content (AvgIpc) is 2.87. The summed E-state index contributed by atoms with van der Waals surface area (Å²) in [4.78, 5) is 11.0. The van der Waals surface area contributed by atoms with Gasteiger partial charge in [-0.2, -0.15) is 0 Å². The van der Waals surface area contributed by atoms with E-state index in [1.54, 1.807) is 0 Å². The summed E-state index contributed by atoms with van der Waals surface area (Å²) in [6.07, 6.45) is 0.334. The first kappa shape index (κ1) is 15.1. The summed E-state index contributed by atoms with van der Waals surface area (Å²) >= 11 is 3.32. The van der Waals surface area contributed by atoms with Gasteiger partial charge < -0.3 is 19.9 Å². The highest BCUT2D eigenvalue weighted by atomic mass is 79.9. The van der Waals surface area contributed by atoms with Crippen LogP contribution in [0.25, 0.3) is 0 Å². The van der Waals surface area contributed by atoms with Gasteiger partial charge in [-0.15, -0.1) is 0 Å². The van der Waals surface area contributed by atoms with Gasteiger partial charge in [-0.25, -0.2) is 4.39 Å². The summed E-state index contributed by atoms with van der Waals surface area (Å²) in [7, 11) is 2.89. The van der Waals surface area contributed by atoms with Gasteiger partial charge in [0.15, 0.2) is 11.5 Å². The number of aliphatic carboxylic acids is 1. The minimum absolute atomic E-state index is 0.286.